The normalized spacial score (nSPS) is 10.8. The van der Waals surface area contributed by atoms with Crippen molar-refractivity contribution in [3.8, 4) is 28.7 Å². The van der Waals surface area contributed by atoms with Crippen LogP contribution >= 0.6 is 11.8 Å². The number of thioether (sulfide) groups is 1. The molecule has 0 radical (unpaired) electrons. The monoisotopic (exact) mass is 461 g/mol. The van der Waals surface area contributed by atoms with Crippen LogP contribution in [0.25, 0.3) is 10.9 Å². The van der Waals surface area contributed by atoms with Crippen LogP contribution in [-0.2, 0) is 0 Å². The van der Waals surface area contributed by atoms with Gasteiger partial charge in [-0.05, 0) is 61.9 Å². The Bertz CT molecular complexity index is 1240. The molecule has 0 aliphatic carbocycles. The van der Waals surface area contributed by atoms with E-state index in [-0.39, 0.29) is 0 Å². The molecule has 4 rings (SSSR count). The molecule has 0 saturated heterocycles. The fourth-order valence-electron chi connectivity index (χ4n) is 3.54. The molecule has 1 heterocycles. The van der Waals surface area contributed by atoms with Crippen molar-refractivity contribution in [2.75, 3.05) is 26.6 Å². The zero-order valence-corrected chi connectivity index (χ0v) is 20.1. The number of ether oxygens (including phenoxy) is 4. The number of methoxy groups -OCH3 is 2. The van der Waals surface area contributed by atoms with Crippen LogP contribution in [0.2, 0.25) is 0 Å². The van der Waals surface area contributed by atoms with Gasteiger partial charge in [-0.25, -0.2) is 0 Å². The van der Waals surface area contributed by atoms with Crippen molar-refractivity contribution in [1.82, 2.24) is 4.98 Å². The van der Waals surface area contributed by atoms with E-state index >= 15 is 0 Å². The van der Waals surface area contributed by atoms with Gasteiger partial charge in [0.25, 0.3) is 0 Å². The molecule has 0 saturated carbocycles. The second-order valence-corrected chi connectivity index (χ2v) is 8.74. The first kappa shape index (κ1) is 22.8. The van der Waals surface area contributed by atoms with Crippen molar-refractivity contribution in [2.45, 2.75) is 18.7 Å². The van der Waals surface area contributed by atoms with E-state index < -0.39 is 0 Å². The quantitative estimate of drug-likeness (QED) is 0.201. The lowest BCUT2D eigenvalue weighted by atomic mass is 10.1. The second kappa shape index (κ2) is 10.5. The van der Waals surface area contributed by atoms with Gasteiger partial charge < -0.3 is 18.9 Å². The SMILES string of the molecule is COc1cc2nccc(Oc3ccc(SCCOc4ccc(C)cc4C)cc3)c2cc1OC. The van der Waals surface area contributed by atoms with Crippen LogP contribution in [0.5, 0.6) is 28.7 Å². The van der Waals surface area contributed by atoms with Gasteiger partial charge in [0.05, 0.1) is 26.3 Å². The van der Waals surface area contributed by atoms with E-state index in [1.165, 1.54) is 11.1 Å². The summed E-state index contributed by atoms with van der Waals surface area (Å²) in [6.07, 6.45) is 1.73. The summed E-state index contributed by atoms with van der Waals surface area (Å²) >= 11 is 1.75. The highest BCUT2D eigenvalue weighted by atomic mass is 32.2. The lowest BCUT2D eigenvalue weighted by molar-refractivity contribution is 0.341. The molecule has 0 N–H and O–H groups in total. The number of nitrogens with zero attached hydrogens (tertiary/aromatic N) is 1. The van der Waals surface area contributed by atoms with E-state index in [0.717, 1.165) is 33.1 Å². The fraction of sp³-hybridized carbons (Fsp3) is 0.222. The molecule has 3 aromatic carbocycles. The van der Waals surface area contributed by atoms with Gasteiger partial charge >= 0.3 is 0 Å². The molecule has 4 aromatic rings. The van der Waals surface area contributed by atoms with E-state index in [4.69, 9.17) is 18.9 Å². The average molecular weight is 462 g/mol. The van der Waals surface area contributed by atoms with E-state index in [1.807, 2.05) is 36.4 Å². The summed E-state index contributed by atoms with van der Waals surface area (Å²) in [5.41, 5.74) is 3.19. The Kier molecular flexibility index (Phi) is 7.25. The summed E-state index contributed by atoms with van der Waals surface area (Å²) < 4.78 is 22.9. The van der Waals surface area contributed by atoms with Crippen LogP contribution in [-0.4, -0.2) is 31.6 Å². The van der Waals surface area contributed by atoms with Crippen LogP contribution in [0.3, 0.4) is 0 Å². The second-order valence-electron chi connectivity index (χ2n) is 7.57. The smallest absolute Gasteiger partial charge is 0.162 e. The van der Waals surface area contributed by atoms with Gasteiger partial charge in [0.1, 0.15) is 17.2 Å². The summed E-state index contributed by atoms with van der Waals surface area (Å²) in [5.74, 6) is 4.56. The van der Waals surface area contributed by atoms with E-state index in [0.29, 0.717) is 23.9 Å². The summed E-state index contributed by atoms with van der Waals surface area (Å²) in [4.78, 5) is 5.59. The van der Waals surface area contributed by atoms with Crippen molar-refractivity contribution in [3.63, 3.8) is 0 Å². The number of hydrogen-bond acceptors (Lipinski definition) is 6. The Hall–Kier alpha value is -3.38. The van der Waals surface area contributed by atoms with Crippen molar-refractivity contribution in [1.29, 1.82) is 0 Å². The number of pyridine rings is 1. The predicted octanol–water partition coefficient (Wildman–Crippen LogP) is 6.83. The highest BCUT2D eigenvalue weighted by Gasteiger charge is 2.11. The van der Waals surface area contributed by atoms with E-state index in [2.05, 4.69) is 43.1 Å². The minimum atomic E-state index is 0.637. The molecule has 0 fully saturated rings. The van der Waals surface area contributed by atoms with Gasteiger partial charge in [0, 0.05) is 28.3 Å². The Morgan fingerprint density at radius 2 is 1.55 bits per heavy atom. The predicted molar refractivity (Wildman–Crippen MR) is 133 cm³/mol. The Morgan fingerprint density at radius 1 is 0.788 bits per heavy atom. The van der Waals surface area contributed by atoms with Crippen LogP contribution in [0.15, 0.2) is 71.8 Å². The minimum Gasteiger partial charge on any atom is -0.493 e. The first-order valence-electron chi connectivity index (χ1n) is 10.7. The van der Waals surface area contributed by atoms with Gasteiger partial charge in [-0.2, -0.15) is 0 Å². The summed E-state index contributed by atoms with van der Waals surface area (Å²) in [7, 11) is 3.23. The third-order valence-corrected chi connectivity index (χ3v) is 6.17. The van der Waals surface area contributed by atoms with E-state index in [9.17, 15) is 0 Å². The lowest BCUT2D eigenvalue weighted by Crippen LogP contribution is -2.01. The lowest BCUT2D eigenvalue weighted by Gasteiger charge is -2.12. The van der Waals surface area contributed by atoms with Crippen molar-refractivity contribution in [2.24, 2.45) is 0 Å². The number of aryl methyl sites for hydroxylation is 2. The van der Waals surface area contributed by atoms with Crippen molar-refractivity contribution >= 4 is 22.7 Å². The van der Waals surface area contributed by atoms with Gasteiger partial charge in [0.15, 0.2) is 11.5 Å². The molecule has 0 aliphatic rings. The van der Waals surface area contributed by atoms with E-state index in [1.54, 1.807) is 32.2 Å². The first-order chi connectivity index (χ1) is 16.1. The maximum Gasteiger partial charge on any atom is 0.162 e. The molecule has 5 nitrogen and oxygen atoms in total. The zero-order valence-electron chi connectivity index (χ0n) is 19.3. The molecule has 6 heteroatoms. The molecule has 33 heavy (non-hydrogen) atoms. The van der Waals surface area contributed by atoms with Crippen LogP contribution in [0.1, 0.15) is 11.1 Å². The average Bonchev–Trinajstić information content (AvgIpc) is 2.83. The first-order valence-corrected chi connectivity index (χ1v) is 11.7. The number of fused-ring (bicyclic) bond motifs is 1. The number of benzene rings is 3. The number of aromatic nitrogens is 1. The molecule has 0 unspecified atom stereocenters. The third kappa shape index (κ3) is 5.52. The molecular formula is C27H27NO4S. The third-order valence-electron chi connectivity index (χ3n) is 5.20. The maximum atomic E-state index is 6.16. The highest BCUT2D eigenvalue weighted by molar-refractivity contribution is 7.99. The minimum absolute atomic E-state index is 0.637. The van der Waals surface area contributed by atoms with Crippen molar-refractivity contribution in [3.05, 3.63) is 78.0 Å². The molecule has 170 valence electrons. The molecule has 1 aromatic heterocycles. The van der Waals surface area contributed by atoms with Gasteiger partial charge in [-0.3, -0.25) is 4.98 Å². The van der Waals surface area contributed by atoms with Crippen LogP contribution < -0.4 is 18.9 Å². The molecule has 0 bridgehead atoms. The summed E-state index contributed by atoms with van der Waals surface area (Å²) in [5, 5.41) is 0.858. The Morgan fingerprint density at radius 3 is 2.27 bits per heavy atom. The molecule has 0 atom stereocenters. The number of rotatable bonds is 9. The Labute approximate surface area is 198 Å². The Balaban J connectivity index is 1.38. The maximum absolute atomic E-state index is 6.16. The fourth-order valence-corrected chi connectivity index (χ4v) is 4.27. The largest absolute Gasteiger partial charge is 0.493 e. The van der Waals surface area contributed by atoms with Gasteiger partial charge in [-0.15, -0.1) is 11.8 Å². The summed E-state index contributed by atoms with van der Waals surface area (Å²) in [6, 6.07) is 19.9. The van der Waals surface area contributed by atoms with Crippen LogP contribution in [0.4, 0.5) is 0 Å². The zero-order chi connectivity index (χ0) is 23.2. The van der Waals surface area contributed by atoms with Gasteiger partial charge in [-0.1, -0.05) is 17.7 Å². The van der Waals surface area contributed by atoms with Crippen molar-refractivity contribution < 1.29 is 18.9 Å². The molecule has 0 amide bonds. The van der Waals surface area contributed by atoms with Crippen LogP contribution in [0, 0.1) is 13.8 Å². The summed E-state index contributed by atoms with van der Waals surface area (Å²) in [6.45, 7) is 4.82. The highest BCUT2D eigenvalue weighted by Crippen LogP contribution is 2.37. The van der Waals surface area contributed by atoms with Gasteiger partial charge in [0.2, 0.25) is 0 Å². The molecular weight excluding hydrogens is 434 g/mol. The molecule has 0 spiro atoms. The number of hydrogen-bond donors (Lipinski definition) is 0. The topological polar surface area (TPSA) is 49.8 Å². The standard InChI is InChI=1S/C27H27NO4S/c1-18-5-10-24(19(2)15-18)31-13-14-33-21-8-6-20(7-9-21)32-25-11-12-28-23-17-27(30-4)26(29-3)16-22(23)25/h5-12,15-17H,13-14H2,1-4H3. The molecule has 0 aliphatic heterocycles.